The lowest BCUT2D eigenvalue weighted by Gasteiger charge is -2.07. The Bertz CT molecular complexity index is 751. The van der Waals surface area contributed by atoms with Gasteiger partial charge >= 0.3 is 0 Å². The highest BCUT2D eigenvalue weighted by Crippen LogP contribution is 2.13. The lowest BCUT2D eigenvalue weighted by Crippen LogP contribution is -2.24. The van der Waals surface area contributed by atoms with Gasteiger partial charge < -0.3 is 5.32 Å². The van der Waals surface area contributed by atoms with Crippen molar-refractivity contribution in [1.82, 2.24) is 15.1 Å². The molecule has 0 fully saturated rings. The van der Waals surface area contributed by atoms with E-state index in [1.807, 2.05) is 18.5 Å². The van der Waals surface area contributed by atoms with Crippen LogP contribution in [-0.2, 0) is 17.9 Å². The minimum atomic E-state index is -0.386. The summed E-state index contributed by atoms with van der Waals surface area (Å²) in [5.74, 6) is -0.737. The number of carbonyl (C=O) groups excluding carboxylic acids is 2. The number of aryl methyl sites for hydroxylation is 2. The predicted octanol–water partition coefficient (Wildman–Crippen LogP) is 3.33. The van der Waals surface area contributed by atoms with Crippen LogP contribution in [0.5, 0.6) is 0 Å². The molecule has 1 aromatic carbocycles. The summed E-state index contributed by atoms with van der Waals surface area (Å²) in [5, 5.41) is 7.33. The molecule has 1 aromatic heterocycles. The fourth-order valence-corrected chi connectivity index (χ4v) is 2.70. The van der Waals surface area contributed by atoms with Crippen molar-refractivity contribution in [1.29, 1.82) is 0 Å². The molecule has 0 saturated heterocycles. The van der Waals surface area contributed by atoms with Crippen molar-refractivity contribution in [2.45, 2.75) is 53.1 Å². The minimum Gasteiger partial charge on any atom is -0.352 e. The second-order valence-corrected chi connectivity index (χ2v) is 6.08. The van der Waals surface area contributed by atoms with Crippen molar-refractivity contribution in [3.8, 4) is 0 Å². The summed E-state index contributed by atoms with van der Waals surface area (Å²) in [6.45, 7) is 7.28. The first-order valence-electron chi connectivity index (χ1n) is 8.50. The standard InChI is InChI=1S/C19H24FN3O2/c1-4-11-23-14(3)17(13(2)22-23)12-21-19(25)10-9-18(24)15-5-7-16(20)8-6-15/h5-8H,4,9-12H2,1-3H3,(H,21,25). The highest BCUT2D eigenvalue weighted by Gasteiger charge is 2.13. The highest BCUT2D eigenvalue weighted by atomic mass is 19.1. The fraction of sp³-hybridized carbons (Fsp3) is 0.421. The van der Waals surface area contributed by atoms with Crippen LogP contribution in [0.15, 0.2) is 24.3 Å². The van der Waals surface area contributed by atoms with Gasteiger partial charge in [-0.1, -0.05) is 6.92 Å². The third-order valence-electron chi connectivity index (χ3n) is 4.17. The van der Waals surface area contributed by atoms with Crippen LogP contribution >= 0.6 is 0 Å². The molecule has 25 heavy (non-hydrogen) atoms. The average Bonchev–Trinajstić information content (AvgIpc) is 2.85. The lowest BCUT2D eigenvalue weighted by atomic mass is 10.1. The number of carbonyl (C=O) groups is 2. The van der Waals surface area contributed by atoms with Crippen molar-refractivity contribution < 1.29 is 14.0 Å². The van der Waals surface area contributed by atoms with Gasteiger partial charge in [0.2, 0.25) is 5.91 Å². The molecular formula is C19H24FN3O2. The van der Waals surface area contributed by atoms with E-state index in [9.17, 15) is 14.0 Å². The van der Waals surface area contributed by atoms with Gasteiger partial charge in [-0.05, 0) is 44.5 Å². The number of nitrogens with zero attached hydrogens (tertiary/aromatic N) is 2. The molecule has 2 aromatic rings. The quantitative estimate of drug-likeness (QED) is 0.747. The molecule has 0 unspecified atom stereocenters. The maximum absolute atomic E-state index is 12.9. The van der Waals surface area contributed by atoms with E-state index in [1.54, 1.807) is 0 Å². The maximum Gasteiger partial charge on any atom is 0.220 e. The number of aromatic nitrogens is 2. The Morgan fingerprint density at radius 2 is 1.84 bits per heavy atom. The molecule has 0 spiro atoms. The third-order valence-corrected chi connectivity index (χ3v) is 4.17. The van der Waals surface area contributed by atoms with Crippen molar-refractivity contribution in [3.63, 3.8) is 0 Å². The first kappa shape index (κ1) is 18.8. The summed E-state index contributed by atoms with van der Waals surface area (Å²) in [4.78, 5) is 24.0. The summed E-state index contributed by atoms with van der Waals surface area (Å²) >= 11 is 0. The van der Waals surface area contributed by atoms with E-state index in [0.717, 1.165) is 29.9 Å². The van der Waals surface area contributed by atoms with Gasteiger partial charge in [-0.3, -0.25) is 14.3 Å². The first-order chi connectivity index (χ1) is 11.9. The maximum atomic E-state index is 12.9. The largest absolute Gasteiger partial charge is 0.352 e. The molecule has 5 nitrogen and oxygen atoms in total. The molecular weight excluding hydrogens is 321 g/mol. The number of Topliss-reactive ketones (excluding diaryl/α,β-unsaturated/α-hetero) is 1. The number of nitrogens with one attached hydrogen (secondary N) is 1. The van der Waals surface area contributed by atoms with Crippen LogP contribution in [0.2, 0.25) is 0 Å². The Balaban J connectivity index is 1.85. The summed E-state index contributed by atoms with van der Waals surface area (Å²) in [7, 11) is 0. The van der Waals surface area contributed by atoms with Gasteiger partial charge in [0.25, 0.3) is 0 Å². The fourth-order valence-electron chi connectivity index (χ4n) is 2.70. The molecule has 1 amide bonds. The van der Waals surface area contributed by atoms with E-state index in [-0.39, 0.29) is 30.3 Å². The van der Waals surface area contributed by atoms with E-state index in [2.05, 4.69) is 17.3 Å². The molecule has 0 saturated carbocycles. The third kappa shape index (κ3) is 4.98. The zero-order chi connectivity index (χ0) is 18.4. The molecule has 1 heterocycles. The zero-order valence-corrected chi connectivity index (χ0v) is 14.9. The van der Waals surface area contributed by atoms with E-state index in [0.29, 0.717) is 12.1 Å². The zero-order valence-electron chi connectivity index (χ0n) is 14.9. The molecule has 6 heteroatoms. The smallest absolute Gasteiger partial charge is 0.220 e. The van der Waals surface area contributed by atoms with E-state index < -0.39 is 0 Å². The average molecular weight is 345 g/mol. The van der Waals surface area contributed by atoms with Crippen LogP contribution in [0, 0.1) is 19.7 Å². The molecule has 0 aliphatic carbocycles. The molecule has 134 valence electrons. The first-order valence-corrected chi connectivity index (χ1v) is 8.50. The number of hydrogen-bond acceptors (Lipinski definition) is 3. The Kier molecular flexibility index (Phi) is 6.44. The second kappa shape index (κ2) is 8.55. The normalized spacial score (nSPS) is 10.7. The summed E-state index contributed by atoms with van der Waals surface area (Å²) < 4.78 is 14.8. The van der Waals surface area contributed by atoms with Crippen LogP contribution in [-0.4, -0.2) is 21.5 Å². The van der Waals surface area contributed by atoms with E-state index >= 15 is 0 Å². The number of rotatable bonds is 8. The summed E-state index contributed by atoms with van der Waals surface area (Å²) in [6.07, 6.45) is 1.21. The molecule has 0 atom stereocenters. The number of halogens is 1. The Morgan fingerprint density at radius 3 is 2.48 bits per heavy atom. The number of benzene rings is 1. The molecule has 0 aliphatic rings. The Labute approximate surface area is 147 Å². The van der Waals surface area contributed by atoms with Crippen LogP contribution < -0.4 is 5.32 Å². The molecule has 2 rings (SSSR count). The minimum absolute atomic E-state index is 0.102. The van der Waals surface area contributed by atoms with Crippen molar-refractivity contribution in [2.75, 3.05) is 0 Å². The van der Waals surface area contributed by atoms with E-state index in [1.165, 1.54) is 24.3 Å². The highest BCUT2D eigenvalue weighted by molar-refractivity contribution is 5.97. The number of amides is 1. The lowest BCUT2D eigenvalue weighted by molar-refractivity contribution is -0.121. The van der Waals surface area contributed by atoms with Gasteiger partial charge in [0.15, 0.2) is 5.78 Å². The van der Waals surface area contributed by atoms with Crippen LogP contribution in [0.3, 0.4) is 0 Å². The Morgan fingerprint density at radius 1 is 1.16 bits per heavy atom. The Hall–Kier alpha value is -2.50. The van der Waals surface area contributed by atoms with Crippen LogP contribution in [0.4, 0.5) is 4.39 Å². The van der Waals surface area contributed by atoms with Gasteiger partial charge in [-0.15, -0.1) is 0 Å². The van der Waals surface area contributed by atoms with Gasteiger partial charge in [0.05, 0.1) is 5.69 Å². The second-order valence-electron chi connectivity index (χ2n) is 6.08. The molecule has 0 radical (unpaired) electrons. The van der Waals surface area contributed by atoms with Crippen molar-refractivity contribution >= 4 is 11.7 Å². The van der Waals surface area contributed by atoms with Gasteiger partial charge in [0, 0.05) is 42.8 Å². The summed E-state index contributed by atoms with van der Waals surface area (Å²) in [5.41, 5.74) is 3.41. The van der Waals surface area contributed by atoms with E-state index in [4.69, 9.17) is 0 Å². The van der Waals surface area contributed by atoms with Crippen molar-refractivity contribution in [3.05, 3.63) is 52.6 Å². The van der Waals surface area contributed by atoms with Gasteiger partial charge in [0.1, 0.15) is 5.82 Å². The van der Waals surface area contributed by atoms with Crippen LogP contribution in [0.25, 0.3) is 0 Å². The number of hydrogen-bond donors (Lipinski definition) is 1. The topological polar surface area (TPSA) is 64.0 Å². The monoisotopic (exact) mass is 345 g/mol. The SMILES string of the molecule is CCCn1nc(C)c(CNC(=O)CCC(=O)c2ccc(F)cc2)c1C. The van der Waals surface area contributed by atoms with Gasteiger partial charge in [-0.2, -0.15) is 5.10 Å². The van der Waals surface area contributed by atoms with Crippen LogP contribution in [0.1, 0.15) is 53.5 Å². The van der Waals surface area contributed by atoms with Gasteiger partial charge in [-0.25, -0.2) is 4.39 Å². The number of ketones is 1. The van der Waals surface area contributed by atoms with Crippen molar-refractivity contribution in [2.24, 2.45) is 0 Å². The molecule has 1 N–H and O–H groups in total. The molecule has 0 bridgehead atoms. The predicted molar refractivity (Wildman–Crippen MR) is 93.8 cm³/mol. The molecule has 0 aliphatic heterocycles. The summed E-state index contributed by atoms with van der Waals surface area (Å²) in [6, 6.07) is 5.36.